The van der Waals surface area contributed by atoms with Gasteiger partial charge in [0.2, 0.25) is 0 Å². The summed E-state index contributed by atoms with van der Waals surface area (Å²) in [7, 11) is 1.30. The summed E-state index contributed by atoms with van der Waals surface area (Å²) in [6.07, 6.45) is 3.81. The first-order valence-electron chi connectivity index (χ1n) is 5.63. The highest BCUT2D eigenvalue weighted by molar-refractivity contribution is 6.08. The molecule has 0 aliphatic rings. The zero-order valence-electron chi connectivity index (χ0n) is 10.3. The van der Waals surface area contributed by atoms with Crippen molar-refractivity contribution in [2.45, 2.75) is 20.3 Å². The first kappa shape index (κ1) is 13.4. The van der Waals surface area contributed by atoms with Crippen molar-refractivity contribution in [2.24, 2.45) is 11.8 Å². The number of aromatic nitrogens is 1. The van der Waals surface area contributed by atoms with E-state index in [2.05, 4.69) is 4.98 Å². The summed E-state index contributed by atoms with van der Waals surface area (Å²) in [4.78, 5) is 27.8. The number of Topliss-reactive ketones (excluding diaryl/α,β-unsaturated/α-hetero) is 1. The van der Waals surface area contributed by atoms with Gasteiger partial charge in [-0.25, -0.2) is 0 Å². The maximum atomic E-state index is 12.2. The SMILES string of the molecule is CCC(C)C(C(=O)OC)C(=O)c1cccnc1. The van der Waals surface area contributed by atoms with Gasteiger partial charge in [0.05, 0.1) is 7.11 Å². The van der Waals surface area contributed by atoms with E-state index in [1.54, 1.807) is 18.3 Å². The monoisotopic (exact) mass is 235 g/mol. The van der Waals surface area contributed by atoms with Crippen LogP contribution >= 0.6 is 0 Å². The Kier molecular flexibility index (Phi) is 4.82. The molecule has 0 N–H and O–H groups in total. The molecular weight excluding hydrogens is 218 g/mol. The first-order valence-corrected chi connectivity index (χ1v) is 5.63. The predicted molar refractivity (Wildman–Crippen MR) is 63.5 cm³/mol. The molecule has 92 valence electrons. The summed E-state index contributed by atoms with van der Waals surface area (Å²) >= 11 is 0. The van der Waals surface area contributed by atoms with Crippen LogP contribution in [0.5, 0.6) is 0 Å². The number of esters is 1. The number of rotatable bonds is 5. The van der Waals surface area contributed by atoms with E-state index < -0.39 is 11.9 Å². The molecule has 0 spiro atoms. The molecule has 0 aliphatic heterocycles. The highest BCUT2D eigenvalue weighted by Gasteiger charge is 2.32. The van der Waals surface area contributed by atoms with Gasteiger partial charge >= 0.3 is 5.97 Å². The second-order valence-corrected chi connectivity index (χ2v) is 3.99. The van der Waals surface area contributed by atoms with E-state index in [1.165, 1.54) is 13.3 Å². The Balaban J connectivity index is 2.99. The number of ether oxygens (including phenoxy) is 1. The molecule has 2 unspecified atom stereocenters. The third-order valence-corrected chi connectivity index (χ3v) is 2.90. The quantitative estimate of drug-likeness (QED) is 0.445. The van der Waals surface area contributed by atoms with Gasteiger partial charge in [-0.05, 0) is 18.1 Å². The third kappa shape index (κ3) is 3.12. The Morgan fingerprint density at radius 2 is 2.18 bits per heavy atom. The van der Waals surface area contributed by atoms with Crippen LogP contribution in [0.15, 0.2) is 24.5 Å². The lowest BCUT2D eigenvalue weighted by Crippen LogP contribution is -2.31. The molecule has 0 amide bonds. The van der Waals surface area contributed by atoms with Crippen molar-refractivity contribution in [2.75, 3.05) is 7.11 Å². The van der Waals surface area contributed by atoms with Crippen molar-refractivity contribution in [1.29, 1.82) is 0 Å². The fraction of sp³-hybridized carbons (Fsp3) is 0.462. The Labute approximate surface area is 101 Å². The van der Waals surface area contributed by atoms with E-state index in [0.29, 0.717) is 5.56 Å². The molecule has 4 heteroatoms. The summed E-state index contributed by atoms with van der Waals surface area (Å²) < 4.78 is 4.70. The van der Waals surface area contributed by atoms with Crippen LogP contribution in [0.3, 0.4) is 0 Å². The van der Waals surface area contributed by atoms with Gasteiger partial charge in [-0.1, -0.05) is 20.3 Å². The molecule has 0 aliphatic carbocycles. The van der Waals surface area contributed by atoms with Gasteiger partial charge in [0.15, 0.2) is 5.78 Å². The molecule has 0 radical (unpaired) electrons. The molecule has 17 heavy (non-hydrogen) atoms. The van der Waals surface area contributed by atoms with Crippen LogP contribution in [0.1, 0.15) is 30.6 Å². The molecule has 0 fully saturated rings. The first-order chi connectivity index (χ1) is 8.11. The van der Waals surface area contributed by atoms with Gasteiger partial charge in [-0.3, -0.25) is 14.6 Å². The highest BCUT2D eigenvalue weighted by Crippen LogP contribution is 2.21. The van der Waals surface area contributed by atoms with Crippen LogP contribution in [-0.4, -0.2) is 23.8 Å². The van der Waals surface area contributed by atoms with Crippen LogP contribution in [0, 0.1) is 11.8 Å². The van der Waals surface area contributed by atoms with E-state index in [4.69, 9.17) is 4.74 Å². The zero-order chi connectivity index (χ0) is 12.8. The van der Waals surface area contributed by atoms with Crippen molar-refractivity contribution < 1.29 is 14.3 Å². The lowest BCUT2D eigenvalue weighted by molar-refractivity contribution is -0.145. The standard InChI is InChI=1S/C13H17NO3/c1-4-9(2)11(13(16)17-3)12(15)10-6-5-7-14-8-10/h5-9,11H,4H2,1-3H3. The van der Waals surface area contributed by atoms with Gasteiger partial charge in [-0.2, -0.15) is 0 Å². The van der Waals surface area contributed by atoms with E-state index in [-0.39, 0.29) is 11.7 Å². The van der Waals surface area contributed by atoms with Crippen LogP contribution in [0.4, 0.5) is 0 Å². The van der Waals surface area contributed by atoms with Crippen molar-refractivity contribution in [3.8, 4) is 0 Å². The fourth-order valence-electron chi connectivity index (χ4n) is 1.65. The highest BCUT2D eigenvalue weighted by atomic mass is 16.5. The lowest BCUT2D eigenvalue weighted by Gasteiger charge is -2.19. The topological polar surface area (TPSA) is 56.3 Å². The van der Waals surface area contributed by atoms with Gasteiger partial charge in [-0.15, -0.1) is 0 Å². The minimum atomic E-state index is -0.741. The number of methoxy groups -OCH3 is 1. The molecule has 4 nitrogen and oxygen atoms in total. The zero-order valence-corrected chi connectivity index (χ0v) is 10.3. The number of carbonyl (C=O) groups is 2. The smallest absolute Gasteiger partial charge is 0.316 e. The van der Waals surface area contributed by atoms with Crippen molar-refractivity contribution in [3.05, 3.63) is 30.1 Å². The van der Waals surface area contributed by atoms with Crippen molar-refractivity contribution in [3.63, 3.8) is 0 Å². The van der Waals surface area contributed by atoms with E-state index in [1.807, 2.05) is 13.8 Å². The molecule has 1 heterocycles. The number of hydrogen-bond acceptors (Lipinski definition) is 4. The number of carbonyl (C=O) groups excluding carboxylic acids is 2. The summed E-state index contributed by atoms with van der Waals surface area (Å²) in [5.74, 6) is -1.49. The van der Waals surface area contributed by atoms with Crippen LogP contribution in [-0.2, 0) is 9.53 Å². The van der Waals surface area contributed by atoms with E-state index >= 15 is 0 Å². The number of pyridine rings is 1. The lowest BCUT2D eigenvalue weighted by atomic mass is 9.85. The summed E-state index contributed by atoms with van der Waals surface area (Å²) in [5.41, 5.74) is 0.447. The minimum absolute atomic E-state index is 0.0462. The number of hydrogen-bond donors (Lipinski definition) is 0. The van der Waals surface area contributed by atoms with E-state index in [0.717, 1.165) is 6.42 Å². The average Bonchev–Trinajstić information content (AvgIpc) is 2.39. The van der Waals surface area contributed by atoms with Crippen molar-refractivity contribution in [1.82, 2.24) is 4.98 Å². The molecule has 0 bridgehead atoms. The molecule has 0 aromatic carbocycles. The van der Waals surface area contributed by atoms with E-state index in [9.17, 15) is 9.59 Å². The third-order valence-electron chi connectivity index (χ3n) is 2.90. The Morgan fingerprint density at radius 3 is 2.65 bits per heavy atom. The Bertz CT molecular complexity index is 389. The molecule has 0 saturated carbocycles. The molecule has 1 rings (SSSR count). The largest absolute Gasteiger partial charge is 0.468 e. The van der Waals surface area contributed by atoms with Gasteiger partial charge in [0.1, 0.15) is 5.92 Å². The Hall–Kier alpha value is -1.71. The minimum Gasteiger partial charge on any atom is -0.468 e. The molecule has 0 saturated heterocycles. The fourth-order valence-corrected chi connectivity index (χ4v) is 1.65. The maximum Gasteiger partial charge on any atom is 0.316 e. The van der Waals surface area contributed by atoms with Gasteiger partial charge in [0, 0.05) is 18.0 Å². The van der Waals surface area contributed by atoms with Gasteiger partial charge < -0.3 is 4.74 Å². The second kappa shape index (κ2) is 6.13. The molecular formula is C13H17NO3. The molecule has 2 atom stereocenters. The summed E-state index contributed by atoms with van der Waals surface area (Å²) in [6, 6.07) is 3.34. The van der Waals surface area contributed by atoms with Gasteiger partial charge in [0.25, 0.3) is 0 Å². The van der Waals surface area contributed by atoms with Crippen LogP contribution in [0.25, 0.3) is 0 Å². The number of nitrogens with zero attached hydrogens (tertiary/aromatic N) is 1. The normalized spacial score (nSPS) is 13.8. The van der Waals surface area contributed by atoms with Crippen LogP contribution < -0.4 is 0 Å². The average molecular weight is 235 g/mol. The van der Waals surface area contributed by atoms with Crippen molar-refractivity contribution >= 4 is 11.8 Å². The van der Waals surface area contributed by atoms with Crippen LogP contribution in [0.2, 0.25) is 0 Å². The summed E-state index contributed by atoms with van der Waals surface area (Å²) in [6.45, 7) is 3.81. The molecule has 1 aromatic heterocycles. The number of ketones is 1. The second-order valence-electron chi connectivity index (χ2n) is 3.99. The predicted octanol–water partition coefficient (Wildman–Crippen LogP) is 2.10. The Morgan fingerprint density at radius 1 is 1.47 bits per heavy atom. The summed E-state index contributed by atoms with van der Waals surface area (Å²) in [5, 5.41) is 0. The molecule has 1 aromatic rings. The maximum absolute atomic E-state index is 12.2.